The van der Waals surface area contributed by atoms with Gasteiger partial charge in [-0.05, 0) is 43.5 Å². The van der Waals surface area contributed by atoms with Crippen molar-refractivity contribution in [2.75, 3.05) is 25.0 Å². The molecule has 0 saturated heterocycles. The van der Waals surface area contributed by atoms with Crippen molar-refractivity contribution in [2.45, 2.75) is 40.5 Å². The fourth-order valence-electron chi connectivity index (χ4n) is 2.10. The molecule has 23 heavy (non-hydrogen) atoms. The van der Waals surface area contributed by atoms with E-state index in [4.69, 9.17) is 4.74 Å². The highest BCUT2D eigenvalue weighted by atomic mass is 16.5. The third kappa shape index (κ3) is 7.68. The van der Waals surface area contributed by atoms with Crippen LogP contribution in [0.3, 0.4) is 0 Å². The first-order valence-electron chi connectivity index (χ1n) is 8.20. The number of hydrogen-bond acceptors (Lipinski definition) is 3. The van der Waals surface area contributed by atoms with Gasteiger partial charge in [-0.25, -0.2) is 0 Å². The monoisotopic (exact) mass is 320 g/mol. The van der Waals surface area contributed by atoms with Crippen molar-refractivity contribution in [1.29, 1.82) is 0 Å². The molecule has 1 aromatic rings. The fraction of sp³-hybridized carbons (Fsp3) is 0.556. The summed E-state index contributed by atoms with van der Waals surface area (Å²) in [5.41, 5.74) is 0.731. The van der Waals surface area contributed by atoms with E-state index in [2.05, 4.69) is 19.2 Å². The summed E-state index contributed by atoms with van der Waals surface area (Å²) >= 11 is 0. The van der Waals surface area contributed by atoms with Gasteiger partial charge in [0.2, 0.25) is 11.8 Å². The van der Waals surface area contributed by atoms with E-state index >= 15 is 0 Å². The lowest BCUT2D eigenvalue weighted by atomic mass is 10.1. The van der Waals surface area contributed by atoms with Gasteiger partial charge in [0.05, 0.1) is 6.61 Å². The normalized spacial score (nSPS) is 10.5. The SMILES string of the molecule is CCOc1ccc(NC(=O)CCN(CCC(C)C)C(C)=O)cc1. The highest BCUT2D eigenvalue weighted by Crippen LogP contribution is 2.15. The number of ether oxygens (including phenoxy) is 1. The van der Waals surface area contributed by atoms with E-state index in [1.807, 2.05) is 31.2 Å². The Kier molecular flexibility index (Phi) is 8.16. The van der Waals surface area contributed by atoms with Gasteiger partial charge in [-0.2, -0.15) is 0 Å². The molecule has 0 aliphatic carbocycles. The first kappa shape index (κ1) is 19.0. The number of anilines is 1. The lowest BCUT2D eigenvalue weighted by Crippen LogP contribution is -2.33. The van der Waals surface area contributed by atoms with Crippen molar-refractivity contribution >= 4 is 17.5 Å². The Bertz CT molecular complexity index is 497. The van der Waals surface area contributed by atoms with Crippen molar-refractivity contribution in [3.63, 3.8) is 0 Å². The Morgan fingerprint density at radius 1 is 1.17 bits per heavy atom. The highest BCUT2D eigenvalue weighted by Gasteiger charge is 2.12. The Hall–Kier alpha value is -2.04. The minimum atomic E-state index is -0.0926. The number of benzene rings is 1. The van der Waals surface area contributed by atoms with E-state index in [-0.39, 0.29) is 11.8 Å². The molecule has 0 radical (unpaired) electrons. The second kappa shape index (κ2) is 9.87. The van der Waals surface area contributed by atoms with Crippen LogP contribution in [-0.2, 0) is 9.59 Å². The molecule has 0 unspecified atom stereocenters. The molecular weight excluding hydrogens is 292 g/mol. The molecule has 1 rings (SSSR count). The van der Waals surface area contributed by atoms with Crippen molar-refractivity contribution in [1.82, 2.24) is 4.90 Å². The van der Waals surface area contributed by atoms with Crippen LogP contribution in [-0.4, -0.2) is 36.4 Å². The smallest absolute Gasteiger partial charge is 0.226 e. The summed E-state index contributed by atoms with van der Waals surface area (Å²) in [5.74, 6) is 1.24. The Balaban J connectivity index is 2.43. The number of hydrogen-bond donors (Lipinski definition) is 1. The van der Waals surface area contributed by atoms with E-state index in [0.29, 0.717) is 32.0 Å². The van der Waals surface area contributed by atoms with Crippen molar-refractivity contribution < 1.29 is 14.3 Å². The zero-order valence-corrected chi connectivity index (χ0v) is 14.6. The summed E-state index contributed by atoms with van der Waals surface area (Å²) in [4.78, 5) is 25.3. The number of amides is 2. The molecule has 0 aromatic heterocycles. The highest BCUT2D eigenvalue weighted by molar-refractivity contribution is 5.91. The first-order chi connectivity index (χ1) is 10.9. The number of nitrogens with zero attached hydrogens (tertiary/aromatic N) is 1. The lowest BCUT2D eigenvalue weighted by Gasteiger charge is -2.21. The third-order valence-electron chi connectivity index (χ3n) is 3.48. The Labute approximate surface area is 139 Å². The maximum Gasteiger partial charge on any atom is 0.226 e. The molecule has 0 spiro atoms. The summed E-state index contributed by atoms with van der Waals surface area (Å²) < 4.78 is 5.36. The molecule has 5 heteroatoms. The molecule has 2 amide bonds. The molecular formula is C18H28N2O3. The standard InChI is InChI=1S/C18H28N2O3/c1-5-23-17-8-6-16(7-9-17)19-18(22)11-13-20(15(4)21)12-10-14(2)3/h6-9,14H,5,10-13H2,1-4H3,(H,19,22). The number of rotatable bonds is 9. The van der Waals surface area contributed by atoms with Crippen LogP contribution in [0, 0.1) is 5.92 Å². The van der Waals surface area contributed by atoms with E-state index in [0.717, 1.165) is 17.9 Å². The van der Waals surface area contributed by atoms with Crippen LogP contribution in [0.5, 0.6) is 5.75 Å². The van der Waals surface area contributed by atoms with Crippen LogP contribution in [0.25, 0.3) is 0 Å². The van der Waals surface area contributed by atoms with Gasteiger partial charge in [0, 0.05) is 32.1 Å². The molecule has 1 N–H and O–H groups in total. The van der Waals surface area contributed by atoms with Crippen molar-refractivity contribution in [3.05, 3.63) is 24.3 Å². The third-order valence-corrected chi connectivity index (χ3v) is 3.48. The second-order valence-electron chi connectivity index (χ2n) is 5.94. The number of nitrogens with one attached hydrogen (secondary N) is 1. The summed E-state index contributed by atoms with van der Waals surface area (Å²) in [5, 5.41) is 2.84. The summed E-state index contributed by atoms with van der Waals surface area (Å²) in [7, 11) is 0. The van der Waals surface area contributed by atoms with Crippen LogP contribution in [0.2, 0.25) is 0 Å². The molecule has 0 heterocycles. The second-order valence-corrected chi connectivity index (χ2v) is 5.94. The van der Waals surface area contributed by atoms with Gasteiger partial charge in [-0.3, -0.25) is 9.59 Å². The van der Waals surface area contributed by atoms with Gasteiger partial charge in [-0.15, -0.1) is 0 Å². The Morgan fingerprint density at radius 2 is 1.83 bits per heavy atom. The zero-order valence-electron chi connectivity index (χ0n) is 14.6. The Morgan fingerprint density at radius 3 is 2.35 bits per heavy atom. The van der Waals surface area contributed by atoms with Gasteiger partial charge >= 0.3 is 0 Å². The van der Waals surface area contributed by atoms with Crippen LogP contribution in [0.15, 0.2) is 24.3 Å². The van der Waals surface area contributed by atoms with Crippen LogP contribution in [0.4, 0.5) is 5.69 Å². The van der Waals surface area contributed by atoms with Crippen LogP contribution < -0.4 is 10.1 Å². The van der Waals surface area contributed by atoms with Gasteiger partial charge < -0.3 is 15.0 Å². The fourth-order valence-corrected chi connectivity index (χ4v) is 2.10. The quantitative estimate of drug-likeness (QED) is 0.759. The molecule has 1 aromatic carbocycles. The lowest BCUT2D eigenvalue weighted by molar-refractivity contribution is -0.129. The molecule has 0 fully saturated rings. The molecule has 0 bridgehead atoms. The zero-order chi connectivity index (χ0) is 17.2. The largest absolute Gasteiger partial charge is 0.494 e. The van der Waals surface area contributed by atoms with Crippen LogP contribution in [0.1, 0.15) is 40.5 Å². The predicted molar refractivity (Wildman–Crippen MR) is 92.6 cm³/mol. The van der Waals surface area contributed by atoms with Gasteiger partial charge in [0.1, 0.15) is 5.75 Å². The predicted octanol–water partition coefficient (Wildman–Crippen LogP) is 3.31. The van der Waals surface area contributed by atoms with Crippen LogP contribution >= 0.6 is 0 Å². The minimum absolute atomic E-state index is 0.0134. The maximum absolute atomic E-state index is 12.0. The number of carbonyl (C=O) groups is 2. The maximum atomic E-state index is 12.0. The van der Waals surface area contributed by atoms with E-state index in [9.17, 15) is 9.59 Å². The number of carbonyl (C=O) groups excluding carboxylic acids is 2. The summed E-state index contributed by atoms with van der Waals surface area (Å²) in [6.45, 7) is 9.48. The molecule has 0 atom stereocenters. The van der Waals surface area contributed by atoms with Gasteiger partial charge in [0.15, 0.2) is 0 Å². The molecule has 0 aliphatic heterocycles. The summed E-state index contributed by atoms with van der Waals surface area (Å²) in [6, 6.07) is 7.27. The molecule has 0 aliphatic rings. The van der Waals surface area contributed by atoms with Crippen molar-refractivity contribution in [2.24, 2.45) is 5.92 Å². The average Bonchev–Trinajstić information content (AvgIpc) is 2.49. The van der Waals surface area contributed by atoms with E-state index in [1.165, 1.54) is 0 Å². The van der Waals surface area contributed by atoms with Gasteiger partial charge in [-0.1, -0.05) is 13.8 Å². The average molecular weight is 320 g/mol. The van der Waals surface area contributed by atoms with Crippen molar-refractivity contribution in [3.8, 4) is 5.75 Å². The minimum Gasteiger partial charge on any atom is -0.494 e. The molecule has 5 nitrogen and oxygen atoms in total. The topological polar surface area (TPSA) is 58.6 Å². The molecule has 128 valence electrons. The van der Waals surface area contributed by atoms with E-state index < -0.39 is 0 Å². The molecule has 0 saturated carbocycles. The summed E-state index contributed by atoms with van der Waals surface area (Å²) in [6.07, 6.45) is 1.24. The van der Waals surface area contributed by atoms with E-state index in [1.54, 1.807) is 11.8 Å². The van der Waals surface area contributed by atoms with Gasteiger partial charge in [0.25, 0.3) is 0 Å². The first-order valence-corrected chi connectivity index (χ1v) is 8.20.